The van der Waals surface area contributed by atoms with Crippen molar-refractivity contribution in [2.75, 3.05) is 26.2 Å². The van der Waals surface area contributed by atoms with Crippen molar-refractivity contribution in [1.82, 2.24) is 9.21 Å². The number of sulfonamides is 1. The van der Waals surface area contributed by atoms with Gasteiger partial charge < -0.3 is 9.47 Å². The van der Waals surface area contributed by atoms with Gasteiger partial charge in [-0.3, -0.25) is 14.5 Å². The zero-order valence-corrected chi connectivity index (χ0v) is 19.1. The van der Waals surface area contributed by atoms with Crippen molar-refractivity contribution >= 4 is 27.8 Å². The number of rotatable bonds is 6. The number of nitrogens with zero attached hydrogens (tertiary/aromatic N) is 2. The van der Waals surface area contributed by atoms with Crippen LogP contribution in [0.3, 0.4) is 0 Å². The molecule has 0 N–H and O–H groups in total. The molecule has 2 aliphatic rings. The van der Waals surface area contributed by atoms with Crippen molar-refractivity contribution in [3.8, 4) is 0 Å². The van der Waals surface area contributed by atoms with Crippen LogP contribution in [0.15, 0.2) is 53.4 Å². The molecule has 4 rings (SSSR count). The number of morpholine rings is 1. The predicted molar refractivity (Wildman–Crippen MR) is 117 cm³/mol. The van der Waals surface area contributed by atoms with Crippen LogP contribution in [0.2, 0.25) is 0 Å². The van der Waals surface area contributed by atoms with Gasteiger partial charge in [-0.2, -0.15) is 4.31 Å². The fraction of sp³-hybridized carbons (Fsp3) is 0.348. The van der Waals surface area contributed by atoms with E-state index in [9.17, 15) is 22.8 Å². The highest BCUT2D eigenvalue weighted by Crippen LogP contribution is 2.23. The van der Waals surface area contributed by atoms with Crippen LogP contribution in [0, 0.1) is 0 Å². The zero-order chi connectivity index (χ0) is 23.8. The van der Waals surface area contributed by atoms with Crippen molar-refractivity contribution in [1.29, 1.82) is 0 Å². The molecule has 0 bridgehead atoms. The number of carbonyl (C=O) groups is 3. The maximum Gasteiger partial charge on any atom is 0.338 e. The summed E-state index contributed by atoms with van der Waals surface area (Å²) < 4.78 is 38.3. The van der Waals surface area contributed by atoms with Crippen molar-refractivity contribution in [3.05, 3.63) is 65.2 Å². The number of hydrogen-bond acceptors (Lipinski definition) is 7. The molecule has 0 aliphatic carbocycles. The van der Waals surface area contributed by atoms with Crippen molar-refractivity contribution in [2.24, 2.45) is 0 Å². The highest BCUT2D eigenvalue weighted by molar-refractivity contribution is 7.89. The number of esters is 1. The molecule has 1 saturated heterocycles. The van der Waals surface area contributed by atoms with Crippen molar-refractivity contribution in [3.63, 3.8) is 0 Å². The fourth-order valence-electron chi connectivity index (χ4n) is 4.01. The van der Waals surface area contributed by atoms with Crippen molar-refractivity contribution in [2.45, 2.75) is 31.0 Å². The first-order valence-electron chi connectivity index (χ1n) is 10.6. The fourth-order valence-corrected chi connectivity index (χ4v) is 5.65. The van der Waals surface area contributed by atoms with Gasteiger partial charge >= 0.3 is 5.97 Å². The third kappa shape index (κ3) is 4.54. The molecule has 0 spiro atoms. The van der Waals surface area contributed by atoms with E-state index in [4.69, 9.17) is 9.47 Å². The Kier molecular flexibility index (Phi) is 6.33. The summed E-state index contributed by atoms with van der Waals surface area (Å²) in [5.74, 6) is -1.62. The Labute approximate surface area is 191 Å². The molecule has 0 unspecified atom stereocenters. The van der Waals surface area contributed by atoms with E-state index in [0.29, 0.717) is 11.1 Å². The second kappa shape index (κ2) is 9.05. The summed E-state index contributed by atoms with van der Waals surface area (Å²) in [5, 5.41) is 0. The van der Waals surface area contributed by atoms with Gasteiger partial charge in [0.2, 0.25) is 10.0 Å². The molecule has 0 radical (unpaired) electrons. The predicted octanol–water partition coefficient (Wildman–Crippen LogP) is 1.94. The SMILES string of the molecule is C[C@@H]1CN(S(=O)(=O)c2cccc(C(=O)OCCN3C(=O)c4ccccc4C3=O)c2)C[C@H](C)O1. The molecule has 9 nitrogen and oxygen atoms in total. The quantitative estimate of drug-likeness (QED) is 0.467. The molecule has 2 aliphatic heterocycles. The monoisotopic (exact) mass is 472 g/mol. The van der Waals surface area contributed by atoms with E-state index >= 15 is 0 Å². The summed E-state index contributed by atoms with van der Waals surface area (Å²) in [6.45, 7) is 3.75. The molecular weight excluding hydrogens is 448 g/mol. The van der Waals surface area contributed by atoms with Crippen molar-refractivity contribution < 1.29 is 32.3 Å². The van der Waals surface area contributed by atoms with E-state index in [1.807, 2.05) is 0 Å². The molecule has 2 aromatic carbocycles. The number of imide groups is 1. The highest BCUT2D eigenvalue weighted by atomic mass is 32.2. The summed E-state index contributed by atoms with van der Waals surface area (Å²) in [7, 11) is -3.81. The van der Waals surface area contributed by atoms with Crippen LogP contribution in [-0.2, 0) is 19.5 Å². The largest absolute Gasteiger partial charge is 0.460 e. The second-order valence-electron chi connectivity index (χ2n) is 8.05. The minimum Gasteiger partial charge on any atom is -0.460 e. The highest BCUT2D eigenvalue weighted by Gasteiger charge is 2.35. The van der Waals surface area contributed by atoms with Crippen LogP contribution in [0.5, 0.6) is 0 Å². The van der Waals surface area contributed by atoms with Gasteiger partial charge in [-0.05, 0) is 44.2 Å². The van der Waals surface area contributed by atoms with Gasteiger partial charge in [0.15, 0.2) is 0 Å². The number of benzene rings is 2. The average molecular weight is 473 g/mol. The Balaban J connectivity index is 1.40. The minimum atomic E-state index is -3.81. The van der Waals surface area contributed by atoms with E-state index < -0.39 is 27.8 Å². The number of carbonyl (C=O) groups excluding carboxylic acids is 3. The van der Waals surface area contributed by atoms with Gasteiger partial charge in [-0.15, -0.1) is 0 Å². The first kappa shape index (κ1) is 23.1. The molecule has 2 amide bonds. The molecular formula is C23H24N2O7S. The van der Waals surface area contributed by atoms with Gasteiger partial charge in [0, 0.05) is 13.1 Å². The Hall–Kier alpha value is -3.08. The summed E-state index contributed by atoms with van der Waals surface area (Å²) in [6, 6.07) is 12.1. The number of amides is 2. The summed E-state index contributed by atoms with van der Waals surface area (Å²) in [5.41, 5.74) is 0.699. The Bertz CT molecular complexity index is 1170. The lowest BCUT2D eigenvalue weighted by atomic mass is 10.1. The molecule has 2 heterocycles. The summed E-state index contributed by atoms with van der Waals surface area (Å²) in [4.78, 5) is 38.3. The second-order valence-corrected chi connectivity index (χ2v) is 9.99. The molecule has 2 atom stereocenters. The molecule has 10 heteroatoms. The molecule has 0 saturated carbocycles. The van der Waals surface area contributed by atoms with Crippen LogP contribution in [-0.4, -0.2) is 73.9 Å². The standard InChI is InChI=1S/C23H24N2O7S/c1-15-13-24(14-16(2)32-15)33(29,30)18-7-5-6-17(12-18)23(28)31-11-10-25-21(26)19-8-3-4-9-20(19)22(25)27/h3-9,12,15-16H,10-11,13-14H2,1-2H3/t15-,16+. The minimum absolute atomic E-state index is 0.0152. The van der Waals surface area contributed by atoms with E-state index in [2.05, 4.69) is 0 Å². The van der Waals surface area contributed by atoms with Gasteiger partial charge in [0.1, 0.15) is 6.61 Å². The number of fused-ring (bicyclic) bond motifs is 1. The van der Waals surface area contributed by atoms with E-state index in [0.717, 1.165) is 4.90 Å². The lowest BCUT2D eigenvalue weighted by molar-refractivity contribution is -0.0440. The maximum absolute atomic E-state index is 13.1. The van der Waals surface area contributed by atoms with Gasteiger partial charge in [0.05, 0.1) is 40.3 Å². The van der Waals surface area contributed by atoms with Crippen LogP contribution in [0.4, 0.5) is 0 Å². The van der Waals surface area contributed by atoms with E-state index in [1.54, 1.807) is 38.1 Å². The Morgan fingerprint density at radius 3 is 2.21 bits per heavy atom. The summed E-state index contributed by atoms with van der Waals surface area (Å²) in [6.07, 6.45) is -0.474. The van der Waals surface area contributed by atoms with Gasteiger partial charge in [0.25, 0.3) is 11.8 Å². The molecule has 0 aromatic heterocycles. The molecule has 2 aromatic rings. The van der Waals surface area contributed by atoms with Crippen LogP contribution < -0.4 is 0 Å². The van der Waals surface area contributed by atoms with Crippen LogP contribution in [0.25, 0.3) is 0 Å². The van der Waals surface area contributed by atoms with Gasteiger partial charge in [-0.25, -0.2) is 13.2 Å². The molecule has 1 fully saturated rings. The number of hydrogen-bond donors (Lipinski definition) is 0. The molecule has 33 heavy (non-hydrogen) atoms. The van der Waals surface area contributed by atoms with E-state index in [-0.39, 0.29) is 48.9 Å². The maximum atomic E-state index is 13.1. The average Bonchev–Trinajstić information content (AvgIpc) is 3.03. The van der Waals surface area contributed by atoms with Crippen LogP contribution >= 0.6 is 0 Å². The first-order chi connectivity index (χ1) is 15.7. The smallest absolute Gasteiger partial charge is 0.338 e. The summed E-state index contributed by atoms with van der Waals surface area (Å²) >= 11 is 0. The first-order valence-corrected chi connectivity index (χ1v) is 12.0. The molecule has 174 valence electrons. The lowest BCUT2D eigenvalue weighted by Crippen LogP contribution is -2.48. The Morgan fingerprint density at radius 2 is 1.61 bits per heavy atom. The normalized spacial score (nSPS) is 21.2. The number of ether oxygens (including phenoxy) is 2. The van der Waals surface area contributed by atoms with Gasteiger partial charge in [-0.1, -0.05) is 18.2 Å². The third-order valence-corrected chi connectivity index (χ3v) is 7.35. The lowest BCUT2D eigenvalue weighted by Gasteiger charge is -2.34. The van der Waals surface area contributed by atoms with Crippen LogP contribution in [0.1, 0.15) is 44.9 Å². The Morgan fingerprint density at radius 1 is 1.00 bits per heavy atom. The zero-order valence-electron chi connectivity index (χ0n) is 18.3. The van der Waals surface area contributed by atoms with E-state index in [1.165, 1.54) is 28.6 Å². The third-order valence-electron chi connectivity index (χ3n) is 5.52. The topological polar surface area (TPSA) is 110 Å².